The summed E-state index contributed by atoms with van der Waals surface area (Å²) in [5, 5.41) is 0. The van der Waals surface area contributed by atoms with Crippen molar-refractivity contribution in [1.29, 1.82) is 0 Å². The maximum atomic E-state index is 11.5. The molecule has 0 N–H and O–H groups in total. The molecular weight excluding hydrogens is 208 g/mol. The van der Waals surface area contributed by atoms with Gasteiger partial charge in [-0.25, -0.2) is 9.78 Å². The molecule has 1 aromatic heterocycles. The highest BCUT2D eigenvalue weighted by atomic mass is 16.5. The normalized spacial score (nSPS) is 19.2. The third kappa shape index (κ3) is 2.09. The molecule has 0 radical (unpaired) electrons. The largest absolute Gasteiger partial charge is 0.461 e. The Hall–Kier alpha value is -1.36. The van der Waals surface area contributed by atoms with Crippen LogP contribution in [-0.2, 0) is 22.4 Å². The summed E-state index contributed by atoms with van der Waals surface area (Å²) >= 11 is 0. The molecule has 5 heteroatoms. The second-order valence-electron chi connectivity index (χ2n) is 3.81. The summed E-state index contributed by atoms with van der Waals surface area (Å²) in [5.41, 5.74) is 0.397. The first-order valence-corrected chi connectivity index (χ1v) is 5.50. The van der Waals surface area contributed by atoms with E-state index < -0.39 is 0 Å². The van der Waals surface area contributed by atoms with Gasteiger partial charge in [-0.3, -0.25) is 0 Å². The lowest BCUT2D eigenvalue weighted by Gasteiger charge is -2.21. The molecule has 5 nitrogen and oxygen atoms in total. The fourth-order valence-corrected chi connectivity index (χ4v) is 1.91. The van der Waals surface area contributed by atoms with Crippen molar-refractivity contribution in [2.45, 2.75) is 32.4 Å². The van der Waals surface area contributed by atoms with Crippen molar-refractivity contribution in [3.8, 4) is 0 Å². The molecule has 2 heterocycles. The topological polar surface area (TPSA) is 53.4 Å². The molecule has 1 aliphatic heterocycles. The van der Waals surface area contributed by atoms with Gasteiger partial charge in [-0.15, -0.1) is 0 Å². The van der Waals surface area contributed by atoms with E-state index in [0.29, 0.717) is 12.3 Å². The van der Waals surface area contributed by atoms with Gasteiger partial charge in [-0.05, 0) is 13.3 Å². The van der Waals surface area contributed by atoms with E-state index in [9.17, 15) is 4.79 Å². The number of imidazole rings is 1. The number of aryl methyl sites for hydroxylation is 1. The van der Waals surface area contributed by atoms with Gasteiger partial charge < -0.3 is 14.0 Å². The SMILES string of the molecule is CCOC(=O)c1cn2c(n1)CCC(OC)C2. The van der Waals surface area contributed by atoms with E-state index in [1.54, 1.807) is 20.2 Å². The minimum Gasteiger partial charge on any atom is -0.461 e. The second-order valence-corrected chi connectivity index (χ2v) is 3.81. The lowest BCUT2D eigenvalue weighted by Crippen LogP contribution is -2.25. The zero-order chi connectivity index (χ0) is 11.5. The molecule has 0 fully saturated rings. The van der Waals surface area contributed by atoms with Crippen LogP contribution in [0.15, 0.2) is 6.20 Å². The van der Waals surface area contributed by atoms with Gasteiger partial charge in [0, 0.05) is 19.7 Å². The highest BCUT2D eigenvalue weighted by molar-refractivity contribution is 5.87. The quantitative estimate of drug-likeness (QED) is 0.719. The van der Waals surface area contributed by atoms with Gasteiger partial charge in [-0.1, -0.05) is 0 Å². The highest BCUT2D eigenvalue weighted by Gasteiger charge is 2.22. The lowest BCUT2D eigenvalue weighted by atomic mass is 10.1. The van der Waals surface area contributed by atoms with Crippen molar-refractivity contribution in [1.82, 2.24) is 9.55 Å². The molecule has 88 valence electrons. The number of aromatic nitrogens is 2. The molecule has 0 aliphatic carbocycles. The average Bonchev–Trinajstić information content (AvgIpc) is 2.71. The Morgan fingerprint density at radius 2 is 2.50 bits per heavy atom. The molecule has 1 aromatic rings. The number of hydrogen-bond donors (Lipinski definition) is 0. The van der Waals surface area contributed by atoms with Crippen LogP contribution in [-0.4, -0.2) is 35.3 Å². The van der Waals surface area contributed by atoms with Gasteiger partial charge in [0.2, 0.25) is 0 Å². The monoisotopic (exact) mass is 224 g/mol. The molecule has 16 heavy (non-hydrogen) atoms. The summed E-state index contributed by atoms with van der Waals surface area (Å²) < 4.78 is 12.2. The number of fused-ring (bicyclic) bond motifs is 1. The van der Waals surface area contributed by atoms with Crippen LogP contribution < -0.4 is 0 Å². The number of ether oxygens (including phenoxy) is 2. The number of nitrogens with zero attached hydrogens (tertiary/aromatic N) is 2. The molecule has 0 amide bonds. The summed E-state index contributed by atoms with van der Waals surface area (Å²) in [6, 6.07) is 0. The molecule has 0 bridgehead atoms. The van der Waals surface area contributed by atoms with Crippen LogP contribution >= 0.6 is 0 Å². The van der Waals surface area contributed by atoms with Crippen LogP contribution in [0.3, 0.4) is 0 Å². The lowest BCUT2D eigenvalue weighted by molar-refractivity contribution is 0.0519. The number of carbonyl (C=O) groups excluding carboxylic acids is 1. The molecule has 0 spiro atoms. The van der Waals surface area contributed by atoms with Gasteiger partial charge in [0.05, 0.1) is 19.3 Å². The summed E-state index contributed by atoms with van der Waals surface area (Å²) in [6.45, 7) is 2.93. The summed E-state index contributed by atoms with van der Waals surface area (Å²) in [5.74, 6) is 0.592. The van der Waals surface area contributed by atoms with E-state index in [2.05, 4.69) is 4.98 Å². The Balaban J connectivity index is 2.15. The highest BCUT2D eigenvalue weighted by Crippen LogP contribution is 2.17. The molecule has 0 saturated carbocycles. The van der Waals surface area contributed by atoms with E-state index in [1.165, 1.54) is 0 Å². The molecule has 0 saturated heterocycles. The number of methoxy groups -OCH3 is 1. The summed E-state index contributed by atoms with van der Waals surface area (Å²) in [6.07, 6.45) is 3.77. The molecular formula is C11H16N2O3. The number of hydrogen-bond acceptors (Lipinski definition) is 4. The Labute approximate surface area is 94.4 Å². The van der Waals surface area contributed by atoms with E-state index in [0.717, 1.165) is 25.2 Å². The van der Waals surface area contributed by atoms with Gasteiger partial charge in [0.25, 0.3) is 0 Å². The van der Waals surface area contributed by atoms with Gasteiger partial charge >= 0.3 is 5.97 Å². The Kier molecular flexibility index (Phi) is 3.24. The maximum Gasteiger partial charge on any atom is 0.358 e. The van der Waals surface area contributed by atoms with E-state index in [4.69, 9.17) is 9.47 Å². The standard InChI is InChI=1S/C11H16N2O3/c1-3-16-11(14)9-7-13-6-8(15-2)4-5-10(13)12-9/h7-8H,3-6H2,1-2H3. The predicted molar refractivity (Wildman–Crippen MR) is 57.3 cm³/mol. The fourth-order valence-electron chi connectivity index (χ4n) is 1.91. The van der Waals surface area contributed by atoms with Crippen LogP contribution in [0.4, 0.5) is 0 Å². The maximum absolute atomic E-state index is 11.5. The Bertz CT molecular complexity index is 387. The van der Waals surface area contributed by atoms with Gasteiger partial charge in [-0.2, -0.15) is 0 Å². The van der Waals surface area contributed by atoms with E-state index >= 15 is 0 Å². The van der Waals surface area contributed by atoms with Crippen LogP contribution in [0.1, 0.15) is 29.7 Å². The Morgan fingerprint density at radius 1 is 1.69 bits per heavy atom. The van der Waals surface area contributed by atoms with Gasteiger partial charge in [0.15, 0.2) is 5.69 Å². The van der Waals surface area contributed by atoms with E-state index in [-0.39, 0.29) is 12.1 Å². The third-order valence-electron chi connectivity index (χ3n) is 2.77. The Morgan fingerprint density at radius 3 is 3.19 bits per heavy atom. The minimum atomic E-state index is -0.349. The second kappa shape index (κ2) is 4.65. The smallest absolute Gasteiger partial charge is 0.358 e. The van der Waals surface area contributed by atoms with Crippen molar-refractivity contribution < 1.29 is 14.3 Å². The zero-order valence-corrected chi connectivity index (χ0v) is 9.60. The van der Waals surface area contributed by atoms with E-state index in [1.807, 2.05) is 4.57 Å². The van der Waals surface area contributed by atoms with Crippen molar-refractivity contribution in [2.75, 3.05) is 13.7 Å². The van der Waals surface area contributed by atoms with Crippen molar-refractivity contribution in [3.05, 3.63) is 17.7 Å². The van der Waals surface area contributed by atoms with Crippen LogP contribution in [0.2, 0.25) is 0 Å². The molecule has 1 atom stereocenters. The van der Waals surface area contributed by atoms with Crippen molar-refractivity contribution in [3.63, 3.8) is 0 Å². The first kappa shape index (κ1) is 11.1. The minimum absolute atomic E-state index is 0.219. The van der Waals surface area contributed by atoms with Gasteiger partial charge in [0.1, 0.15) is 5.82 Å². The molecule has 0 aromatic carbocycles. The zero-order valence-electron chi connectivity index (χ0n) is 9.60. The summed E-state index contributed by atoms with van der Waals surface area (Å²) in [4.78, 5) is 15.8. The first-order chi connectivity index (χ1) is 7.74. The molecule has 2 rings (SSSR count). The predicted octanol–water partition coefficient (Wildman–Crippen LogP) is 1.02. The van der Waals surface area contributed by atoms with Crippen molar-refractivity contribution in [2.24, 2.45) is 0 Å². The number of rotatable bonds is 3. The van der Waals surface area contributed by atoms with Crippen LogP contribution in [0.25, 0.3) is 0 Å². The van der Waals surface area contributed by atoms with Crippen LogP contribution in [0.5, 0.6) is 0 Å². The molecule has 1 unspecified atom stereocenters. The average molecular weight is 224 g/mol. The number of esters is 1. The number of carbonyl (C=O) groups is 1. The first-order valence-electron chi connectivity index (χ1n) is 5.50. The van der Waals surface area contributed by atoms with Crippen molar-refractivity contribution >= 4 is 5.97 Å². The molecule has 1 aliphatic rings. The third-order valence-corrected chi connectivity index (χ3v) is 2.77. The fraction of sp³-hybridized carbons (Fsp3) is 0.636. The van der Waals surface area contributed by atoms with Crippen LogP contribution in [0, 0.1) is 0 Å². The summed E-state index contributed by atoms with van der Waals surface area (Å²) in [7, 11) is 1.71.